The van der Waals surface area contributed by atoms with Gasteiger partial charge in [0.15, 0.2) is 0 Å². The van der Waals surface area contributed by atoms with Gasteiger partial charge in [0.05, 0.1) is 0 Å². The standard InChI is InChI=1S/C15H25N3O2/c1-12-7-13(2)10-18(9-12)11-14(8-16)15(19)17-5-4-6-20-3/h11-13H,4-7,9-10H2,1-3H3,(H,17,19)/b14-11-. The minimum absolute atomic E-state index is 0.184. The molecule has 1 aliphatic heterocycles. The van der Waals surface area contributed by atoms with E-state index in [9.17, 15) is 4.79 Å². The van der Waals surface area contributed by atoms with E-state index in [0.717, 1.165) is 19.5 Å². The molecule has 0 radical (unpaired) electrons. The number of piperidine rings is 1. The molecule has 0 aromatic rings. The summed E-state index contributed by atoms with van der Waals surface area (Å²) < 4.78 is 4.92. The van der Waals surface area contributed by atoms with E-state index in [2.05, 4.69) is 24.1 Å². The first-order valence-electron chi connectivity index (χ1n) is 7.20. The van der Waals surface area contributed by atoms with Crippen LogP contribution in [-0.2, 0) is 9.53 Å². The van der Waals surface area contributed by atoms with Crippen LogP contribution in [0.15, 0.2) is 11.8 Å². The molecule has 112 valence electrons. The lowest BCUT2D eigenvalue weighted by Crippen LogP contribution is -2.36. The fourth-order valence-electron chi connectivity index (χ4n) is 2.65. The second kappa shape index (κ2) is 8.60. The quantitative estimate of drug-likeness (QED) is 0.455. The van der Waals surface area contributed by atoms with Crippen LogP contribution in [0.5, 0.6) is 0 Å². The van der Waals surface area contributed by atoms with E-state index in [0.29, 0.717) is 25.0 Å². The summed E-state index contributed by atoms with van der Waals surface area (Å²) in [5, 5.41) is 11.9. The summed E-state index contributed by atoms with van der Waals surface area (Å²) in [5.74, 6) is 0.897. The van der Waals surface area contributed by atoms with Crippen molar-refractivity contribution < 1.29 is 9.53 Å². The molecule has 0 saturated carbocycles. The average molecular weight is 279 g/mol. The molecule has 0 spiro atoms. The second-order valence-corrected chi connectivity index (χ2v) is 5.66. The van der Waals surface area contributed by atoms with Gasteiger partial charge in [0.2, 0.25) is 0 Å². The highest BCUT2D eigenvalue weighted by molar-refractivity contribution is 5.97. The van der Waals surface area contributed by atoms with Crippen LogP contribution >= 0.6 is 0 Å². The number of nitriles is 1. The Balaban J connectivity index is 2.53. The van der Waals surface area contributed by atoms with E-state index in [1.165, 1.54) is 6.42 Å². The van der Waals surface area contributed by atoms with Gasteiger partial charge in [-0.25, -0.2) is 0 Å². The molecule has 20 heavy (non-hydrogen) atoms. The predicted octanol–water partition coefficient (Wildman–Crippen LogP) is 1.52. The Bertz CT molecular complexity index is 377. The minimum atomic E-state index is -0.297. The molecule has 2 unspecified atom stereocenters. The molecule has 1 amide bonds. The van der Waals surface area contributed by atoms with Crippen LogP contribution in [0.25, 0.3) is 0 Å². The molecule has 0 aliphatic carbocycles. The van der Waals surface area contributed by atoms with Gasteiger partial charge < -0.3 is 15.0 Å². The van der Waals surface area contributed by atoms with Gasteiger partial charge in [0.25, 0.3) is 5.91 Å². The SMILES string of the molecule is COCCCNC(=O)/C(C#N)=C\N1CC(C)CC(C)C1. The van der Waals surface area contributed by atoms with Crippen LogP contribution in [-0.4, -0.2) is 44.2 Å². The molecule has 0 aromatic heterocycles. The average Bonchev–Trinajstić information content (AvgIpc) is 2.39. The van der Waals surface area contributed by atoms with Gasteiger partial charge in [-0.3, -0.25) is 4.79 Å². The van der Waals surface area contributed by atoms with Crippen molar-refractivity contribution in [2.75, 3.05) is 33.4 Å². The third-order valence-corrected chi connectivity index (χ3v) is 3.38. The normalized spacial score (nSPS) is 23.3. The van der Waals surface area contributed by atoms with Crippen molar-refractivity contribution in [3.63, 3.8) is 0 Å². The fourth-order valence-corrected chi connectivity index (χ4v) is 2.65. The first-order chi connectivity index (χ1) is 9.56. The highest BCUT2D eigenvalue weighted by Gasteiger charge is 2.21. The zero-order valence-corrected chi connectivity index (χ0v) is 12.7. The molecule has 1 aliphatic rings. The number of carbonyl (C=O) groups excluding carboxylic acids is 1. The molecular weight excluding hydrogens is 254 g/mol. The zero-order chi connectivity index (χ0) is 15.0. The molecule has 1 heterocycles. The van der Waals surface area contributed by atoms with Crippen LogP contribution in [0.3, 0.4) is 0 Å². The van der Waals surface area contributed by atoms with Crippen molar-refractivity contribution in [1.29, 1.82) is 5.26 Å². The van der Waals surface area contributed by atoms with E-state index >= 15 is 0 Å². The van der Waals surface area contributed by atoms with E-state index in [-0.39, 0.29) is 11.5 Å². The number of rotatable bonds is 6. The molecule has 0 aromatic carbocycles. The number of methoxy groups -OCH3 is 1. The van der Waals surface area contributed by atoms with Crippen molar-refractivity contribution >= 4 is 5.91 Å². The van der Waals surface area contributed by atoms with Crippen molar-refractivity contribution in [2.24, 2.45) is 11.8 Å². The van der Waals surface area contributed by atoms with Crippen LogP contribution in [0, 0.1) is 23.2 Å². The van der Waals surface area contributed by atoms with Gasteiger partial charge in [-0.1, -0.05) is 13.8 Å². The van der Waals surface area contributed by atoms with E-state index in [4.69, 9.17) is 10.00 Å². The van der Waals surface area contributed by atoms with Crippen LogP contribution in [0.4, 0.5) is 0 Å². The highest BCUT2D eigenvalue weighted by Crippen LogP contribution is 2.21. The van der Waals surface area contributed by atoms with Gasteiger partial charge in [0.1, 0.15) is 11.6 Å². The van der Waals surface area contributed by atoms with Gasteiger partial charge in [-0.2, -0.15) is 5.26 Å². The molecular formula is C15H25N3O2. The fraction of sp³-hybridized carbons (Fsp3) is 0.733. The number of carbonyl (C=O) groups is 1. The van der Waals surface area contributed by atoms with Crippen molar-refractivity contribution in [3.05, 3.63) is 11.8 Å². The summed E-state index contributed by atoms with van der Waals surface area (Å²) in [6, 6.07) is 2.00. The Labute approximate surface area is 121 Å². The molecule has 1 rings (SSSR count). The summed E-state index contributed by atoms with van der Waals surface area (Å²) in [4.78, 5) is 14.0. The summed E-state index contributed by atoms with van der Waals surface area (Å²) in [6.07, 6.45) is 3.66. The minimum Gasteiger partial charge on any atom is -0.385 e. The summed E-state index contributed by atoms with van der Waals surface area (Å²) in [5.41, 5.74) is 0.184. The highest BCUT2D eigenvalue weighted by atomic mass is 16.5. The maximum absolute atomic E-state index is 11.9. The van der Waals surface area contributed by atoms with Crippen molar-refractivity contribution in [1.82, 2.24) is 10.2 Å². The number of ether oxygens (including phenoxy) is 1. The number of likely N-dealkylation sites (tertiary alicyclic amines) is 1. The third-order valence-electron chi connectivity index (χ3n) is 3.38. The van der Waals surface area contributed by atoms with Crippen LogP contribution in [0.2, 0.25) is 0 Å². The predicted molar refractivity (Wildman–Crippen MR) is 77.7 cm³/mol. The van der Waals surface area contributed by atoms with Gasteiger partial charge >= 0.3 is 0 Å². The molecule has 5 nitrogen and oxygen atoms in total. The number of hydrogen-bond donors (Lipinski definition) is 1. The molecule has 1 fully saturated rings. The van der Waals surface area contributed by atoms with Crippen molar-refractivity contribution in [2.45, 2.75) is 26.7 Å². The Morgan fingerprint density at radius 1 is 1.45 bits per heavy atom. The zero-order valence-electron chi connectivity index (χ0n) is 12.7. The molecule has 2 atom stereocenters. The van der Waals surface area contributed by atoms with E-state index < -0.39 is 0 Å². The maximum Gasteiger partial charge on any atom is 0.263 e. The lowest BCUT2D eigenvalue weighted by molar-refractivity contribution is -0.117. The molecule has 1 saturated heterocycles. The van der Waals surface area contributed by atoms with Gasteiger partial charge in [-0.15, -0.1) is 0 Å². The van der Waals surface area contributed by atoms with Crippen LogP contribution in [0.1, 0.15) is 26.7 Å². The van der Waals surface area contributed by atoms with Crippen LogP contribution < -0.4 is 5.32 Å². The number of amides is 1. The summed E-state index contributed by atoms with van der Waals surface area (Å²) in [6.45, 7) is 7.35. The van der Waals surface area contributed by atoms with Gasteiger partial charge in [0, 0.05) is 39.6 Å². The van der Waals surface area contributed by atoms with E-state index in [1.807, 2.05) is 6.07 Å². The number of nitrogens with one attached hydrogen (secondary N) is 1. The summed E-state index contributed by atoms with van der Waals surface area (Å²) >= 11 is 0. The Hall–Kier alpha value is -1.54. The Kier molecular flexibility index (Phi) is 7.10. The Morgan fingerprint density at radius 2 is 2.10 bits per heavy atom. The molecule has 1 N–H and O–H groups in total. The van der Waals surface area contributed by atoms with Gasteiger partial charge in [-0.05, 0) is 24.7 Å². The molecule has 5 heteroatoms. The largest absolute Gasteiger partial charge is 0.385 e. The van der Waals surface area contributed by atoms with E-state index in [1.54, 1.807) is 13.3 Å². The molecule has 0 bridgehead atoms. The monoisotopic (exact) mass is 279 g/mol. The summed E-state index contributed by atoms with van der Waals surface area (Å²) in [7, 11) is 1.63. The first kappa shape index (κ1) is 16.5. The number of nitrogens with zero attached hydrogens (tertiary/aromatic N) is 2. The second-order valence-electron chi connectivity index (χ2n) is 5.66. The third kappa shape index (κ3) is 5.62. The number of hydrogen-bond acceptors (Lipinski definition) is 4. The smallest absolute Gasteiger partial charge is 0.263 e. The van der Waals surface area contributed by atoms with Crippen molar-refractivity contribution in [3.8, 4) is 6.07 Å². The first-order valence-corrected chi connectivity index (χ1v) is 7.20. The lowest BCUT2D eigenvalue weighted by atomic mass is 9.92. The lowest BCUT2D eigenvalue weighted by Gasteiger charge is -2.34. The topological polar surface area (TPSA) is 65.4 Å². The Morgan fingerprint density at radius 3 is 2.65 bits per heavy atom. The maximum atomic E-state index is 11.9.